The van der Waals surface area contributed by atoms with Crippen molar-refractivity contribution in [2.24, 2.45) is 0 Å². The first-order valence-electron chi connectivity index (χ1n) is 10.3. The van der Waals surface area contributed by atoms with E-state index >= 15 is 0 Å². The lowest BCUT2D eigenvalue weighted by Gasteiger charge is -2.37. The molecule has 4 heterocycles. The first kappa shape index (κ1) is 17.9. The fourth-order valence-corrected chi connectivity index (χ4v) is 4.71. The van der Waals surface area contributed by atoms with Crippen molar-refractivity contribution in [1.29, 1.82) is 0 Å². The molecule has 1 amide bonds. The van der Waals surface area contributed by atoms with Crippen molar-refractivity contribution in [3.05, 3.63) is 24.3 Å². The molecule has 3 atom stereocenters. The Bertz CT molecular complexity index is 815. The Morgan fingerprint density at radius 3 is 2.71 bits per heavy atom. The summed E-state index contributed by atoms with van der Waals surface area (Å²) in [6, 6.07) is 8.31. The van der Waals surface area contributed by atoms with Crippen LogP contribution < -0.4 is 10.2 Å². The fraction of sp³-hybridized carbons (Fsp3) is 0.600. The Kier molecular flexibility index (Phi) is 4.68. The van der Waals surface area contributed by atoms with Crippen LogP contribution in [0.5, 0.6) is 0 Å². The van der Waals surface area contributed by atoms with Crippen molar-refractivity contribution >= 4 is 22.9 Å². The van der Waals surface area contributed by atoms with Crippen LogP contribution in [0.4, 0.5) is 10.3 Å². The predicted octanol–water partition coefficient (Wildman–Crippen LogP) is 0.986. The highest BCUT2D eigenvalue weighted by Crippen LogP contribution is 2.22. The van der Waals surface area contributed by atoms with Gasteiger partial charge in [-0.3, -0.25) is 9.69 Å². The number of amides is 1. The van der Waals surface area contributed by atoms with Crippen LogP contribution in [0.3, 0.4) is 0 Å². The largest absolute Gasteiger partial charge is 0.340 e. The second-order valence-electron chi connectivity index (χ2n) is 8.12. The number of carbonyl (C=O) groups is 1. The molecule has 3 fully saturated rings. The summed E-state index contributed by atoms with van der Waals surface area (Å²) >= 11 is 0. The molecule has 1 aromatic heterocycles. The van der Waals surface area contributed by atoms with Crippen molar-refractivity contribution in [3.8, 4) is 0 Å². The third-order valence-electron chi connectivity index (χ3n) is 6.36. The number of carbonyl (C=O) groups excluding carboxylic acids is 1. The van der Waals surface area contributed by atoms with Gasteiger partial charge in [0.25, 0.3) is 0 Å². The second kappa shape index (κ2) is 7.33. The van der Waals surface area contributed by atoms with E-state index in [1.54, 1.807) is 4.90 Å². The number of nitrogens with zero attached hydrogens (tertiary/aromatic N) is 4. The minimum atomic E-state index is -0.854. The number of hydrogen-bond acceptors (Lipinski definition) is 5. The zero-order chi connectivity index (χ0) is 19.1. The number of para-hydroxylation sites is 2. The number of nitrogens with one attached hydrogen (secondary N) is 2. The molecule has 8 heteroatoms. The Morgan fingerprint density at radius 2 is 1.96 bits per heavy atom. The van der Waals surface area contributed by atoms with Gasteiger partial charge in [-0.2, -0.15) is 0 Å². The SMILES string of the molecule is O=C([C@@H]1C[C@H](N2CCN(c3nc4ccccc4[nH]3)CC2)CN1)N1CCC(F)C1. The van der Waals surface area contributed by atoms with Gasteiger partial charge in [0, 0.05) is 45.3 Å². The molecular formula is C20H27FN6O. The van der Waals surface area contributed by atoms with Gasteiger partial charge in [0.2, 0.25) is 11.9 Å². The van der Waals surface area contributed by atoms with E-state index in [0.29, 0.717) is 19.0 Å². The van der Waals surface area contributed by atoms with Gasteiger partial charge >= 0.3 is 0 Å². The van der Waals surface area contributed by atoms with Gasteiger partial charge in [0.05, 0.1) is 23.6 Å². The molecule has 5 rings (SSSR count). The molecule has 7 nitrogen and oxygen atoms in total. The van der Waals surface area contributed by atoms with Crippen LogP contribution in [0, 0.1) is 0 Å². The number of fused-ring (bicyclic) bond motifs is 1. The molecule has 0 saturated carbocycles. The second-order valence-corrected chi connectivity index (χ2v) is 8.12. The molecular weight excluding hydrogens is 359 g/mol. The fourth-order valence-electron chi connectivity index (χ4n) is 4.71. The normalized spacial score (nSPS) is 29.1. The Hall–Kier alpha value is -2.19. The van der Waals surface area contributed by atoms with Crippen LogP contribution in [0.1, 0.15) is 12.8 Å². The molecule has 1 unspecified atom stereocenters. The lowest BCUT2D eigenvalue weighted by molar-refractivity contribution is -0.132. The predicted molar refractivity (Wildman–Crippen MR) is 106 cm³/mol. The summed E-state index contributed by atoms with van der Waals surface area (Å²) in [5.41, 5.74) is 2.07. The van der Waals surface area contributed by atoms with Gasteiger partial charge < -0.3 is 20.1 Å². The van der Waals surface area contributed by atoms with Crippen molar-refractivity contribution in [2.75, 3.05) is 50.7 Å². The molecule has 0 radical (unpaired) electrons. The maximum Gasteiger partial charge on any atom is 0.239 e. The number of halogens is 1. The average molecular weight is 386 g/mol. The Labute approximate surface area is 163 Å². The molecule has 0 aliphatic carbocycles. The molecule has 3 aliphatic rings. The van der Waals surface area contributed by atoms with Crippen LogP contribution >= 0.6 is 0 Å². The molecule has 150 valence electrons. The summed E-state index contributed by atoms with van der Waals surface area (Å²) < 4.78 is 13.4. The lowest BCUT2D eigenvalue weighted by atomic mass is 10.1. The number of benzene rings is 1. The van der Waals surface area contributed by atoms with Crippen LogP contribution in [0.25, 0.3) is 11.0 Å². The van der Waals surface area contributed by atoms with Crippen LogP contribution in [-0.4, -0.2) is 89.7 Å². The minimum absolute atomic E-state index is 0.0727. The van der Waals surface area contributed by atoms with E-state index in [0.717, 1.165) is 56.1 Å². The number of aromatic nitrogens is 2. The molecule has 2 N–H and O–H groups in total. The highest BCUT2D eigenvalue weighted by Gasteiger charge is 2.38. The molecule has 3 saturated heterocycles. The minimum Gasteiger partial charge on any atom is -0.340 e. The smallest absolute Gasteiger partial charge is 0.239 e. The molecule has 1 aromatic carbocycles. The molecule has 0 spiro atoms. The van der Waals surface area contributed by atoms with Crippen molar-refractivity contribution in [1.82, 2.24) is 25.1 Å². The Morgan fingerprint density at radius 1 is 1.14 bits per heavy atom. The number of alkyl halides is 1. The van der Waals surface area contributed by atoms with E-state index in [1.807, 2.05) is 18.2 Å². The first-order valence-corrected chi connectivity index (χ1v) is 10.3. The molecule has 0 bridgehead atoms. The number of aromatic amines is 1. The van der Waals surface area contributed by atoms with E-state index in [-0.39, 0.29) is 18.5 Å². The zero-order valence-electron chi connectivity index (χ0n) is 16.0. The third kappa shape index (κ3) is 3.35. The summed E-state index contributed by atoms with van der Waals surface area (Å²) in [7, 11) is 0. The zero-order valence-corrected chi connectivity index (χ0v) is 16.0. The van der Waals surface area contributed by atoms with Crippen molar-refractivity contribution in [3.63, 3.8) is 0 Å². The summed E-state index contributed by atoms with van der Waals surface area (Å²) in [4.78, 5) is 27.2. The number of anilines is 1. The number of hydrogen-bond donors (Lipinski definition) is 2. The van der Waals surface area contributed by atoms with Crippen LogP contribution in [-0.2, 0) is 4.79 Å². The summed E-state index contributed by atoms with van der Waals surface area (Å²) in [6.45, 7) is 5.40. The molecule has 2 aromatic rings. The quantitative estimate of drug-likeness (QED) is 0.823. The van der Waals surface area contributed by atoms with Crippen LogP contribution in [0.2, 0.25) is 0 Å². The van der Waals surface area contributed by atoms with E-state index in [4.69, 9.17) is 4.98 Å². The number of imidazole rings is 1. The van der Waals surface area contributed by atoms with Crippen LogP contribution in [0.15, 0.2) is 24.3 Å². The molecule has 28 heavy (non-hydrogen) atoms. The lowest BCUT2D eigenvalue weighted by Crippen LogP contribution is -2.51. The van der Waals surface area contributed by atoms with E-state index in [2.05, 4.69) is 26.2 Å². The van der Waals surface area contributed by atoms with Gasteiger partial charge in [0.1, 0.15) is 6.17 Å². The molecule has 3 aliphatic heterocycles. The van der Waals surface area contributed by atoms with Gasteiger partial charge in [-0.25, -0.2) is 9.37 Å². The van der Waals surface area contributed by atoms with Gasteiger partial charge in [0.15, 0.2) is 0 Å². The number of rotatable bonds is 3. The van der Waals surface area contributed by atoms with Crippen molar-refractivity contribution in [2.45, 2.75) is 31.1 Å². The number of H-pyrrole nitrogens is 1. The summed E-state index contributed by atoms with van der Waals surface area (Å²) in [5, 5.41) is 3.37. The monoisotopic (exact) mass is 386 g/mol. The van der Waals surface area contributed by atoms with Gasteiger partial charge in [-0.1, -0.05) is 12.1 Å². The first-order chi connectivity index (χ1) is 13.7. The van der Waals surface area contributed by atoms with Gasteiger partial charge in [-0.15, -0.1) is 0 Å². The summed E-state index contributed by atoms with van der Waals surface area (Å²) in [6.07, 6.45) is 0.440. The highest BCUT2D eigenvalue weighted by molar-refractivity contribution is 5.82. The maximum atomic E-state index is 13.4. The number of likely N-dealkylation sites (tertiary alicyclic amines) is 1. The number of piperazine rings is 1. The van der Waals surface area contributed by atoms with E-state index in [9.17, 15) is 9.18 Å². The highest BCUT2D eigenvalue weighted by atomic mass is 19.1. The standard InChI is InChI=1S/C20H27FN6O/c21-14-5-6-27(13-14)19(28)18-11-15(12-22-18)25-7-9-26(10-8-25)20-23-16-3-1-2-4-17(16)24-20/h1-4,14-15,18,22H,5-13H2,(H,23,24)/t14?,15-,18-/m0/s1. The maximum absolute atomic E-state index is 13.4. The Balaban J connectivity index is 1.15. The van der Waals surface area contributed by atoms with E-state index < -0.39 is 6.17 Å². The topological polar surface area (TPSA) is 67.5 Å². The van der Waals surface area contributed by atoms with Gasteiger partial charge in [-0.05, 0) is 25.0 Å². The summed E-state index contributed by atoms with van der Waals surface area (Å²) in [5.74, 6) is 1.01. The average Bonchev–Trinajstić information content (AvgIpc) is 3.46. The van der Waals surface area contributed by atoms with E-state index in [1.165, 1.54) is 0 Å². The third-order valence-corrected chi connectivity index (χ3v) is 6.36. The van der Waals surface area contributed by atoms with Crippen molar-refractivity contribution < 1.29 is 9.18 Å².